The summed E-state index contributed by atoms with van der Waals surface area (Å²) < 4.78 is 51.3. The first-order valence-electron chi connectivity index (χ1n) is 6.99. The maximum absolute atomic E-state index is 13.2. The highest BCUT2D eigenvalue weighted by Gasteiger charge is 2.35. The van der Waals surface area contributed by atoms with Crippen molar-refractivity contribution in [3.8, 4) is 0 Å². The van der Waals surface area contributed by atoms with E-state index in [-0.39, 0.29) is 5.56 Å². The number of amides is 1. The van der Waals surface area contributed by atoms with Gasteiger partial charge in [0.2, 0.25) is 0 Å². The van der Waals surface area contributed by atoms with E-state index in [1.807, 2.05) is 0 Å². The molecule has 1 saturated carbocycles. The number of halogens is 4. The molecule has 116 valence electrons. The van der Waals surface area contributed by atoms with Crippen molar-refractivity contribution in [2.45, 2.75) is 32.4 Å². The SMILES string of the molecule is CCN(CC1CCC1)C(=O)c1ccc(F)c(C(F)(F)F)c1. The monoisotopic (exact) mass is 303 g/mol. The van der Waals surface area contributed by atoms with Crippen molar-refractivity contribution in [3.05, 3.63) is 35.1 Å². The maximum Gasteiger partial charge on any atom is 0.419 e. The van der Waals surface area contributed by atoms with Crippen LogP contribution < -0.4 is 0 Å². The summed E-state index contributed by atoms with van der Waals surface area (Å²) in [7, 11) is 0. The Morgan fingerprint density at radius 2 is 2.00 bits per heavy atom. The van der Waals surface area contributed by atoms with E-state index in [4.69, 9.17) is 0 Å². The fraction of sp³-hybridized carbons (Fsp3) is 0.533. The van der Waals surface area contributed by atoms with Crippen molar-refractivity contribution in [2.75, 3.05) is 13.1 Å². The summed E-state index contributed by atoms with van der Waals surface area (Å²) in [5.41, 5.74) is -1.52. The van der Waals surface area contributed by atoms with E-state index in [0.717, 1.165) is 25.3 Å². The lowest BCUT2D eigenvalue weighted by atomic mass is 9.85. The van der Waals surface area contributed by atoms with Crippen LogP contribution in [0.25, 0.3) is 0 Å². The maximum atomic E-state index is 13.2. The molecule has 1 amide bonds. The molecule has 0 aliphatic heterocycles. The normalized spacial score (nSPS) is 15.7. The molecule has 0 heterocycles. The average molecular weight is 303 g/mol. The van der Waals surface area contributed by atoms with Crippen LogP contribution in [-0.4, -0.2) is 23.9 Å². The van der Waals surface area contributed by atoms with Crippen molar-refractivity contribution in [1.82, 2.24) is 4.90 Å². The molecule has 0 saturated heterocycles. The van der Waals surface area contributed by atoms with Crippen LogP contribution in [0.4, 0.5) is 17.6 Å². The van der Waals surface area contributed by atoms with Crippen LogP contribution in [0.2, 0.25) is 0 Å². The standard InChI is InChI=1S/C15H17F4NO/c1-2-20(9-10-4-3-5-10)14(21)11-6-7-13(16)12(8-11)15(17,18)19/h6-8,10H,2-5,9H2,1H3. The van der Waals surface area contributed by atoms with Gasteiger partial charge in [-0.25, -0.2) is 4.39 Å². The summed E-state index contributed by atoms with van der Waals surface area (Å²) in [5, 5.41) is 0. The Hall–Kier alpha value is -1.59. The predicted octanol–water partition coefficient (Wildman–Crippen LogP) is 4.11. The number of benzene rings is 1. The third-order valence-electron chi connectivity index (χ3n) is 3.89. The van der Waals surface area contributed by atoms with E-state index in [9.17, 15) is 22.4 Å². The van der Waals surface area contributed by atoms with E-state index < -0.39 is 23.5 Å². The lowest BCUT2D eigenvalue weighted by Gasteiger charge is -2.32. The molecule has 2 rings (SSSR count). The zero-order valence-electron chi connectivity index (χ0n) is 11.7. The van der Waals surface area contributed by atoms with Crippen LogP contribution in [-0.2, 0) is 6.18 Å². The number of nitrogens with zero attached hydrogens (tertiary/aromatic N) is 1. The number of carbonyl (C=O) groups is 1. The summed E-state index contributed by atoms with van der Waals surface area (Å²) in [5.74, 6) is -1.41. The second kappa shape index (κ2) is 6.03. The van der Waals surface area contributed by atoms with E-state index in [1.54, 1.807) is 6.92 Å². The van der Waals surface area contributed by atoms with E-state index in [0.29, 0.717) is 31.1 Å². The van der Waals surface area contributed by atoms with Gasteiger partial charge in [-0.2, -0.15) is 13.2 Å². The van der Waals surface area contributed by atoms with Gasteiger partial charge in [-0.05, 0) is 43.9 Å². The second-order valence-electron chi connectivity index (χ2n) is 5.33. The highest BCUT2D eigenvalue weighted by atomic mass is 19.4. The van der Waals surface area contributed by atoms with Crippen molar-refractivity contribution in [1.29, 1.82) is 0 Å². The molecule has 2 nitrogen and oxygen atoms in total. The molecule has 6 heteroatoms. The Bertz CT molecular complexity index is 523. The lowest BCUT2D eigenvalue weighted by molar-refractivity contribution is -0.140. The van der Waals surface area contributed by atoms with Crippen molar-refractivity contribution >= 4 is 5.91 Å². The van der Waals surface area contributed by atoms with Gasteiger partial charge in [-0.3, -0.25) is 4.79 Å². The first-order chi connectivity index (χ1) is 9.82. The molecule has 0 atom stereocenters. The highest BCUT2D eigenvalue weighted by molar-refractivity contribution is 5.94. The molecule has 1 fully saturated rings. The molecule has 21 heavy (non-hydrogen) atoms. The third kappa shape index (κ3) is 3.54. The van der Waals surface area contributed by atoms with Gasteiger partial charge in [-0.1, -0.05) is 6.42 Å². The number of carbonyl (C=O) groups excluding carboxylic acids is 1. The van der Waals surface area contributed by atoms with Crippen LogP contribution >= 0.6 is 0 Å². The van der Waals surface area contributed by atoms with Crippen molar-refractivity contribution in [3.63, 3.8) is 0 Å². The van der Waals surface area contributed by atoms with Crippen molar-refractivity contribution in [2.24, 2.45) is 5.92 Å². The van der Waals surface area contributed by atoms with Gasteiger partial charge >= 0.3 is 6.18 Å². The summed E-state index contributed by atoms with van der Waals surface area (Å²) in [6.07, 6.45) is -1.58. The van der Waals surface area contributed by atoms with Gasteiger partial charge in [0.15, 0.2) is 0 Å². The summed E-state index contributed by atoms with van der Waals surface area (Å²) in [6, 6.07) is 2.41. The summed E-state index contributed by atoms with van der Waals surface area (Å²) >= 11 is 0. The molecule has 0 N–H and O–H groups in total. The van der Waals surface area contributed by atoms with Gasteiger partial charge in [0, 0.05) is 18.7 Å². The van der Waals surface area contributed by atoms with Crippen LogP contribution in [0.3, 0.4) is 0 Å². The molecular formula is C15H17F4NO. The fourth-order valence-electron chi connectivity index (χ4n) is 2.40. The second-order valence-corrected chi connectivity index (χ2v) is 5.33. The molecule has 0 aromatic heterocycles. The van der Waals surface area contributed by atoms with E-state index in [2.05, 4.69) is 0 Å². The quantitative estimate of drug-likeness (QED) is 0.767. The average Bonchev–Trinajstić information content (AvgIpc) is 2.36. The van der Waals surface area contributed by atoms with Crippen molar-refractivity contribution < 1.29 is 22.4 Å². The van der Waals surface area contributed by atoms with Gasteiger partial charge in [-0.15, -0.1) is 0 Å². The van der Waals surface area contributed by atoms with Gasteiger partial charge in [0.1, 0.15) is 5.82 Å². The molecule has 0 bridgehead atoms. The molecule has 1 aromatic carbocycles. The molecule has 1 aromatic rings. The zero-order valence-corrected chi connectivity index (χ0v) is 11.7. The minimum absolute atomic E-state index is 0.120. The fourth-order valence-corrected chi connectivity index (χ4v) is 2.40. The number of rotatable bonds is 4. The Labute approximate surface area is 120 Å². The third-order valence-corrected chi connectivity index (χ3v) is 3.89. The van der Waals surface area contributed by atoms with E-state index in [1.165, 1.54) is 4.90 Å². The Morgan fingerprint density at radius 3 is 2.48 bits per heavy atom. The van der Waals surface area contributed by atoms with Crippen LogP contribution in [0, 0.1) is 11.7 Å². The first-order valence-corrected chi connectivity index (χ1v) is 6.99. The van der Waals surface area contributed by atoms with Gasteiger partial charge < -0.3 is 4.90 Å². The van der Waals surface area contributed by atoms with Gasteiger partial charge in [0.25, 0.3) is 5.91 Å². The molecule has 1 aliphatic rings. The lowest BCUT2D eigenvalue weighted by Crippen LogP contribution is -2.37. The van der Waals surface area contributed by atoms with Crippen LogP contribution in [0.15, 0.2) is 18.2 Å². The molecule has 0 radical (unpaired) electrons. The Morgan fingerprint density at radius 1 is 1.33 bits per heavy atom. The molecule has 0 spiro atoms. The minimum atomic E-state index is -4.80. The Balaban J connectivity index is 2.21. The number of hydrogen-bond acceptors (Lipinski definition) is 1. The first kappa shape index (κ1) is 15.8. The summed E-state index contributed by atoms with van der Waals surface area (Å²) in [4.78, 5) is 13.8. The summed E-state index contributed by atoms with van der Waals surface area (Å²) in [6.45, 7) is 2.76. The topological polar surface area (TPSA) is 20.3 Å². The minimum Gasteiger partial charge on any atom is -0.339 e. The smallest absolute Gasteiger partial charge is 0.339 e. The Kier molecular flexibility index (Phi) is 4.54. The van der Waals surface area contributed by atoms with E-state index >= 15 is 0 Å². The number of alkyl halides is 3. The number of hydrogen-bond donors (Lipinski definition) is 0. The predicted molar refractivity (Wildman–Crippen MR) is 70.3 cm³/mol. The zero-order chi connectivity index (χ0) is 15.6. The largest absolute Gasteiger partial charge is 0.419 e. The van der Waals surface area contributed by atoms with Crippen LogP contribution in [0.1, 0.15) is 42.1 Å². The van der Waals surface area contributed by atoms with Crippen LogP contribution in [0.5, 0.6) is 0 Å². The molecule has 1 aliphatic carbocycles. The molecule has 0 unspecified atom stereocenters. The highest BCUT2D eigenvalue weighted by Crippen LogP contribution is 2.32. The molecular weight excluding hydrogens is 286 g/mol. The van der Waals surface area contributed by atoms with Gasteiger partial charge in [0.05, 0.1) is 5.56 Å².